The maximum Gasteiger partial charge on any atom is 0.269 e. The van der Waals surface area contributed by atoms with Crippen LogP contribution in [0.5, 0.6) is 0 Å². The summed E-state index contributed by atoms with van der Waals surface area (Å²) in [5.41, 5.74) is 0.668. The molecule has 15 heavy (non-hydrogen) atoms. The van der Waals surface area contributed by atoms with Gasteiger partial charge in [0, 0.05) is 22.7 Å². The minimum absolute atomic E-state index is 0.0294. The molecule has 0 heterocycles. The molecular weight excluding hydrogens is 218 g/mol. The fourth-order valence-corrected chi connectivity index (χ4v) is 1.21. The third kappa shape index (κ3) is 3.49. The molecule has 0 aliphatic heterocycles. The van der Waals surface area contributed by atoms with Gasteiger partial charge < -0.3 is 4.74 Å². The first kappa shape index (κ1) is 11.9. The summed E-state index contributed by atoms with van der Waals surface area (Å²) in [7, 11) is 0. The topological polar surface area (TPSA) is 52.4 Å². The van der Waals surface area contributed by atoms with Gasteiger partial charge in [0.15, 0.2) is 0 Å². The van der Waals surface area contributed by atoms with Gasteiger partial charge in [0.25, 0.3) is 5.69 Å². The van der Waals surface area contributed by atoms with Gasteiger partial charge in [-0.05, 0) is 19.9 Å². The Bertz CT molecular complexity index is 366. The number of benzene rings is 1. The van der Waals surface area contributed by atoms with E-state index in [0.29, 0.717) is 10.6 Å². The Balaban J connectivity index is 2.85. The van der Waals surface area contributed by atoms with E-state index >= 15 is 0 Å². The average Bonchev–Trinajstić information content (AvgIpc) is 2.16. The van der Waals surface area contributed by atoms with E-state index in [9.17, 15) is 10.1 Å². The summed E-state index contributed by atoms with van der Waals surface area (Å²) in [5, 5.41) is 11.0. The predicted molar refractivity (Wildman–Crippen MR) is 58.0 cm³/mol. The van der Waals surface area contributed by atoms with Gasteiger partial charge in [0.2, 0.25) is 0 Å². The molecule has 0 unspecified atom stereocenters. The van der Waals surface area contributed by atoms with Crippen LogP contribution in [0.1, 0.15) is 19.4 Å². The number of nitro benzene ring substituents is 1. The molecule has 0 aliphatic rings. The van der Waals surface area contributed by atoms with Crippen LogP contribution in [0.4, 0.5) is 5.69 Å². The highest BCUT2D eigenvalue weighted by Crippen LogP contribution is 2.22. The van der Waals surface area contributed by atoms with Gasteiger partial charge >= 0.3 is 0 Å². The number of ether oxygens (including phenoxy) is 1. The summed E-state index contributed by atoms with van der Waals surface area (Å²) >= 11 is 5.88. The molecule has 82 valence electrons. The molecule has 5 heteroatoms. The van der Waals surface area contributed by atoms with Crippen molar-refractivity contribution in [1.82, 2.24) is 0 Å². The maximum atomic E-state index is 10.5. The Labute approximate surface area is 93.0 Å². The van der Waals surface area contributed by atoms with Crippen molar-refractivity contribution in [3.63, 3.8) is 0 Å². The Kier molecular flexibility index (Phi) is 4.05. The second-order valence-corrected chi connectivity index (χ2v) is 3.80. The molecule has 0 fully saturated rings. The molecule has 0 radical (unpaired) electrons. The summed E-state index contributed by atoms with van der Waals surface area (Å²) in [6.07, 6.45) is 0.0697. The third-order valence-electron chi connectivity index (χ3n) is 1.81. The van der Waals surface area contributed by atoms with E-state index in [1.807, 2.05) is 13.8 Å². The maximum absolute atomic E-state index is 10.5. The molecule has 0 saturated carbocycles. The highest BCUT2D eigenvalue weighted by Gasteiger charge is 2.10. The minimum atomic E-state index is -0.449. The van der Waals surface area contributed by atoms with E-state index in [2.05, 4.69) is 0 Å². The SMILES string of the molecule is CC(C)OCc1cc([N+](=O)[O-])ccc1Cl. The van der Waals surface area contributed by atoms with E-state index in [1.54, 1.807) is 0 Å². The van der Waals surface area contributed by atoms with E-state index in [-0.39, 0.29) is 18.4 Å². The molecule has 1 aromatic carbocycles. The monoisotopic (exact) mass is 229 g/mol. The van der Waals surface area contributed by atoms with Crippen LogP contribution in [-0.4, -0.2) is 11.0 Å². The van der Waals surface area contributed by atoms with Crippen LogP contribution in [-0.2, 0) is 11.3 Å². The number of rotatable bonds is 4. The molecule has 0 amide bonds. The smallest absolute Gasteiger partial charge is 0.269 e. The van der Waals surface area contributed by atoms with Crippen LogP contribution in [0.2, 0.25) is 5.02 Å². The summed E-state index contributed by atoms with van der Waals surface area (Å²) in [4.78, 5) is 10.1. The number of non-ortho nitro benzene ring substituents is 1. The van der Waals surface area contributed by atoms with E-state index in [4.69, 9.17) is 16.3 Å². The zero-order valence-electron chi connectivity index (χ0n) is 8.57. The molecular formula is C10H12ClNO3. The van der Waals surface area contributed by atoms with Gasteiger partial charge in [-0.25, -0.2) is 0 Å². The average molecular weight is 230 g/mol. The van der Waals surface area contributed by atoms with Gasteiger partial charge in [0.05, 0.1) is 17.6 Å². The number of halogens is 1. The number of hydrogen-bond donors (Lipinski definition) is 0. The number of hydrogen-bond acceptors (Lipinski definition) is 3. The third-order valence-corrected chi connectivity index (χ3v) is 2.18. The van der Waals surface area contributed by atoms with Crippen LogP contribution in [0.3, 0.4) is 0 Å². The van der Waals surface area contributed by atoms with E-state index in [0.717, 1.165) is 0 Å². The molecule has 4 nitrogen and oxygen atoms in total. The van der Waals surface area contributed by atoms with Crippen molar-refractivity contribution in [3.05, 3.63) is 38.9 Å². The fraction of sp³-hybridized carbons (Fsp3) is 0.400. The molecule has 1 rings (SSSR count). The second kappa shape index (κ2) is 5.09. The lowest BCUT2D eigenvalue weighted by atomic mass is 10.2. The first-order valence-corrected chi connectivity index (χ1v) is 4.93. The van der Waals surface area contributed by atoms with Crippen molar-refractivity contribution in [2.75, 3.05) is 0 Å². The highest BCUT2D eigenvalue weighted by molar-refractivity contribution is 6.31. The van der Waals surface area contributed by atoms with Crippen molar-refractivity contribution in [2.24, 2.45) is 0 Å². The molecule has 0 atom stereocenters. The van der Waals surface area contributed by atoms with Crippen LogP contribution in [0.25, 0.3) is 0 Å². The van der Waals surface area contributed by atoms with Gasteiger partial charge in [-0.15, -0.1) is 0 Å². The Morgan fingerprint density at radius 2 is 2.20 bits per heavy atom. The van der Waals surface area contributed by atoms with Crippen LogP contribution in [0, 0.1) is 10.1 Å². The minimum Gasteiger partial charge on any atom is -0.374 e. The Morgan fingerprint density at radius 3 is 2.73 bits per heavy atom. The second-order valence-electron chi connectivity index (χ2n) is 3.39. The zero-order chi connectivity index (χ0) is 11.4. The first-order valence-electron chi connectivity index (χ1n) is 4.55. The molecule has 0 saturated heterocycles. The van der Waals surface area contributed by atoms with Crippen LogP contribution >= 0.6 is 11.6 Å². The molecule has 0 aliphatic carbocycles. The van der Waals surface area contributed by atoms with Crippen molar-refractivity contribution >= 4 is 17.3 Å². The fourth-order valence-electron chi connectivity index (χ4n) is 1.04. The van der Waals surface area contributed by atoms with Gasteiger partial charge in [0.1, 0.15) is 0 Å². The van der Waals surface area contributed by atoms with Gasteiger partial charge in [-0.2, -0.15) is 0 Å². The Hall–Kier alpha value is -1.13. The molecule has 0 N–H and O–H groups in total. The van der Waals surface area contributed by atoms with Crippen molar-refractivity contribution in [1.29, 1.82) is 0 Å². The van der Waals surface area contributed by atoms with E-state index in [1.165, 1.54) is 18.2 Å². The first-order chi connectivity index (χ1) is 7.00. The van der Waals surface area contributed by atoms with Crippen LogP contribution < -0.4 is 0 Å². The van der Waals surface area contributed by atoms with E-state index < -0.39 is 4.92 Å². The molecule has 1 aromatic rings. The highest BCUT2D eigenvalue weighted by atomic mass is 35.5. The largest absolute Gasteiger partial charge is 0.374 e. The van der Waals surface area contributed by atoms with Gasteiger partial charge in [-0.1, -0.05) is 11.6 Å². The molecule has 0 aromatic heterocycles. The van der Waals surface area contributed by atoms with Crippen molar-refractivity contribution in [3.8, 4) is 0 Å². The summed E-state index contributed by atoms with van der Waals surface area (Å²) in [6, 6.07) is 4.32. The zero-order valence-corrected chi connectivity index (χ0v) is 9.32. The quantitative estimate of drug-likeness (QED) is 0.589. The summed E-state index contributed by atoms with van der Waals surface area (Å²) < 4.78 is 5.34. The molecule has 0 spiro atoms. The van der Waals surface area contributed by atoms with Gasteiger partial charge in [-0.3, -0.25) is 10.1 Å². The Morgan fingerprint density at radius 1 is 1.53 bits per heavy atom. The van der Waals surface area contributed by atoms with Crippen molar-refractivity contribution < 1.29 is 9.66 Å². The number of nitrogens with zero attached hydrogens (tertiary/aromatic N) is 1. The summed E-state index contributed by atoms with van der Waals surface area (Å²) in [6.45, 7) is 4.08. The normalized spacial score (nSPS) is 10.7. The lowest BCUT2D eigenvalue weighted by Crippen LogP contribution is -2.03. The predicted octanol–water partition coefficient (Wildman–Crippen LogP) is 3.17. The van der Waals surface area contributed by atoms with Crippen molar-refractivity contribution in [2.45, 2.75) is 26.6 Å². The van der Waals surface area contributed by atoms with Crippen LogP contribution in [0.15, 0.2) is 18.2 Å². The standard InChI is InChI=1S/C10H12ClNO3/c1-7(2)15-6-8-5-9(12(13)14)3-4-10(8)11/h3-5,7H,6H2,1-2H3. The number of nitro groups is 1. The summed E-state index contributed by atoms with van der Waals surface area (Å²) in [5.74, 6) is 0. The lowest BCUT2D eigenvalue weighted by molar-refractivity contribution is -0.385. The lowest BCUT2D eigenvalue weighted by Gasteiger charge is -2.08. The molecule has 0 bridgehead atoms.